The Morgan fingerprint density at radius 2 is 2.12 bits per heavy atom. The summed E-state index contributed by atoms with van der Waals surface area (Å²) in [5.74, 6) is 0. The molecular weight excluding hydrogens is 198 g/mol. The molecule has 0 radical (unpaired) electrons. The Hall–Kier alpha value is -1.22. The number of nitrogens with two attached hydrogens (primary N) is 1. The van der Waals surface area contributed by atoms with Gasteiger partial charge in [0.15, 0.2) is 0 Å². The largest absolute Gasteiger partial charge is 0.373 e. The summed E-state index contributed by atoms with van der Waals surface area (Å²) in [6, 6.07) is 6.52. The molecule has 1 aromatic carbocycles. The monoisotopic (exact) mass is 219 g/mol. The van der Waals surface area contributed by atoms with Crippen molar-refractivity contribution in [2.45, 2.75) is 13.3 Å². The number of anilines is 2. The van der Waals surface area contributed by atoms with Crippen molar-refractivity contribution in [3.8, 4) is 0 Å². The van der Waals surface area contributed by atoms with E-state index in [2.05, 4.69) is 42.0 Å². The minimum absolute atomic E-state index is 0.720. The number of nitrogens with zero attached hydrogens (tertiary/aromatic N) is 2. The second kappa shape index (κ2) is 4.74. The van der Waals surface area contributed by atoms with E-state index in [-0.39, 0.29) is 0 Å². The fourth-order valence-corrected chi connectivity index (χ4v) is 2.47. The predicted octanol–water partition coefficient (Wildman–Crippen LogP) is 1.60. The summed E-state index contributed by atoms with van der Waals surface area (Å²) >= 11 is 0. The third kappa shape index (κ3) is 2.00. The van der Waals surface area contributed by atoms with Gasteiger partial charge >= 0.3 is 0 Å². The van der Waals surface area contributed by atoms with Crippen molar-refractivity contribution in [2.24, 2.45) is 5.73 Å². The number of hydrogen-bond acceptors (Lipinski definition) is 3. The van der Waals surface area contributed by atoms with E-state index in [9.17, 15) is 0 Å². The first-order chi connectivity index (χ1) is 7.74. The maximum absolute atomic E-state index is 5.70. The van der Waals surface area contributed by atoms with Crippen LogP contribution in [0, 0.1) is 6.92 Å². The molecule has 0 atom stereocenters. The standard InChI is InChI=1S/C13H21N3/c1-11-5-3-6-12-13(11)16(10-7-14)9-4-8-15(12)2/h3,5-6H,4,7-10,14H2,1-2H3. The van der Waals surface area contributed by atoms with Crippen molar-refractivity contribution in [1.29, 1.82) is 0 Å². The Morgan fingerprint density at radius 1 is 1.31 bits per heavy atom. The summed E-state index contributed by atoms with van der Waals surface area (Å²) in [5, 5.41) is 0. The maximum Gasteiger partial charge on any atom is 0.0634 e. The summed E-state index contributed by atoms with van der Waals surface area (Å²) in [6.07, 6.45) is 1.20. The number of benzene rings is 1. The molecular formula is C13H21N3. The molecule has 0 fully saturated rings. The molecule has 3 heteroatoms. The van der Waals surface area contributed by atoms with Crippen LogP contribution in [-0.2, 0) is 0 Å². The van der Waals surface area contributed by atoms with Crippen molar-refractivity contribution in [2.75, 3.05) is 43.0 Å². The molecule has 0 bridgehead atoms. The van der Waals surface area contributed by atoms with Crippen LogP contribution >= 0.6 is 0 Å². The van der Waals surface area contributed by atoms with Crippen LogP contribution in [-0.4, -0.2) is 33.2 Å². The van der Waals surface area contributed by atoms with Gasteiger partial charge in [0.25, 0.3) is 0 Å². The molecule has 0 spiro atoms. The van der Waals surface area contributed by atoms with Gasteiger partial charge < -0.3 is 15.5 Å². The second-order valence-electron chi connectivity index (χ2n) is 4.49. The maximum atomic E-state index is 5.70. The molecule has 0 amide bonds. The molecule has 1 aliphatic rings. The van der Waals surface area contributed by atoms with Gasteiger partial charge in [-0.1, -0.05) is 12.1 Å². The Bertz CT molecular complexity index is 362. The van der Waals surface area contributed by atoms with E-state index in [1.807, 2.05) is 0 Å². The highest BCUT2D eigenvalue weighted by molar-refractivity contribution is 5.75. The third-order valence-electron chi connectivity index (χ3n) is 3.26. The van der Waals surface area contributed by atoms with Gasteiger partial charge in [0.2, 0.25) is 0 Å². The quantitative estimate of drug-likeness (QED) is 0.820. The van der Waals surface area contributed by atoms with E-state index >= 15 is 0 Å². The topological polar surface area (TPSA) is 32.5 Å². The Labute approximate surface area is 97.8 Å². The van der Waals surface area contributed by atoms with Gasteiger partial charge in [-0.15, -0.1) is 0 Å². The van der Waals surface area contributed by atoms with Gasteiger partial charge in [-0.2, -0.15) is 0 Å². The Balaban J connectivity index is 2.44. The van der Waals surface area contributed by atoms with Crippen molar-refractivity contribution in [3.63, 3.8) is 0 Å². The van der Waals surface area contributed by atoms with Crippen LogP contribution in [0.4, 0.5) is 11.4 Å². The highest BCUT2D eigenvalue weighted by Gasteiger charge is 2.19. The number of rotatable bonds is 2. The van der Waals surface area contributed by atoms with Gasteiger partial charge in [0.05, 0.1) is 11.4 Å². The highest BCUT2D eigenvalue weighted by atomic mass is 15.2. The van der Waals surface area contributed by atoms with Crippen molar-refractivity contribution in [1.82, 2.24) is 0 Å². The molecule has 0 aromatic heterocycles. The first kappa shape index (κ1) is 11.3. The molecule has 2 N–H and O–H groups in total. The van der Waals surface area contributed by atoms with E-state index in [1.54, 1.807) is 0 Å². The summed E-state index contributed by atoms with van der Waals surface area (Å²) in [6.45, 7) is 6.08. The lowest BCUT2D eigenvalue weighted by Gasteiger charge is -2.27. The van der Waals surface area contributed by atoms with Crippen molar-refractivity contribution in [3.05, 3.63) is 23.8 Å². The van der Waals surface area contributed by atoms with Gasteiger partial charge in [-0.05, 0) is 25.0 Å². The molecule has 1 aromatic rings. The van der Waals surface area contributed by atoms with Crippen molar-refractivity contribution < 1.29 is 0 Å². The number of hydrogen-bond donors (Lipinski definition) is 1. The lowest BCUT2D eigenvalue weighted by atomic mass is 10.1. The lowest BCUT2D eigenvalue weighted by Crippen LogP contribution is -2.30. The summed E-state index contributed by atoms with van der Waals surface area (Å²) < 4.78 is 0. The van der Waals surface area contributed by atoms with E-state index < -0.39 is 0 Å². The van der Waals surface area contributed by atoms with E-state index in [0.717, 1.165) is 26.2 Å². The van der Waals surface area contributed by atoms with Gasteiger partial charge in [-0.3, -0.25) is 0 Å². The van der Waals surface area contributed by atoms with Gasteiger partial charge in [0, 0.05) is 33.2 Å². The normalized spacial score (nSPS) is 15.9. The molecule has 0 unspecified atom stereocenters. The average molecular weight is 219 g/mol. The molecule has 0 saturated carbocycles. The number of fused-ring (bicyclic) bond motifs is 1. The zero-order valence-electron chi connectivity index (χ0n) is 10.2. The molecule has 2 rings (SSSR count). The summed E-state index contributed by atoms with van der Waals surface area (Å²) in [5.41, 5.74) is 9.75. The predicted molar refractivity (Wildman–Crippen MR) is 70.3 cm³/mol. The van der Waals surface area contributed by atoms with Crippen LogP contribution in [0.2, 0.25) is 0 Å². The first-order valence-corrected chi connectivity index (χ1v) is 6.00. The third-order valence-corrected chi connectivity index (χ3v) is 3.26. The summed E-state index contributed by atoms with van der Waals surface area (Å²) in [4.78, 5) is 4.77. The first-order valence-electron chi connectivity index (χ1n) is 6.00. The fourth-order valence-electron chi connectivity index (χ4n) is 2.47. The van der Waals surface area contributed by atoms with Crippen LogP contribution in [0.25, 0.3) is 0 Å². The lowest BCUT2D eigenvalue weighted by molar-refractivity contribution is 0.740. The van der Waals surface area contributed by atoms with E-state index in [0.29, 0.717) is 0 Å². The Morgan fingerprint density at radius 3 is 2.88 bits per heavy atom. The number of para-hydroxylation sites is 1. The molecule has 0 aliphatic carbocycles. The van der Waals surface area contributed by atoms with Crippen LogP contribution in [0.3, 0.4) is 0 Å². The molecule has 16 heavy (non-hydrogen) atoms. The Kier molecular flexibility index (Phi) is 3.34. The second-order valence-corrected chi connectivity index (χ2v) is 4.49. The zero-order chi connectivity index (χ0) is 11.5. The van der Waals surface area contributed by atoms with E-state index in [4.69, 9.17) is 5.73 Å². The smallest absolute Gasteiger partial charge is 0.0634 e. The fraction of sp³-hybridized carbons (Fsp3) is 0.538. The van der Waals surface area contributed by atoms with Gasteiger partial charge in [-0.25, -0.2) is 0 Å². The van der Waals surface area contributed by atoms with Crippen LogP contribution in [0.1, 0.15) is 12.0 Å². The average Bonchev–Trinajstić information content (AvgIpc) is 2.42. The van der Waals surface area contributed by atoms with E-state index in [1.165, 1.54) is 23.4 Å². The van der Waals surface area contributed by atoms with Crippen LogP contribution < -0.4 is 15.5 Å². The van der Waals surface area contributed by atoms with Crippen molar-refractivity contribution >= 4 is 11.4 Å². The molecule has 1 heterocycles. The SMILES string of the molecule is Cc1cccc2c1N(CCN)CCCN2C. The van der Waals surface area contributed by atoms with Crippen LogP contribution in [0.15, 0.2) is 18.2 Å². The summed E-state index contributed by atoms with van der Waals surface area (Å²) in [7, 11) is 2.17. The molecule has 88 valence electrons. The molecule has 3 nitrogen and oxygen atoms in total. The van der Waals surface area contributed by atoms with Crippen LogP contribution in [0.5, 0.6) is 0 Å². The molecule has 0 saturated heterocycles. The minimum Gasteiger partial charge on any atom is -0.373 e. The number of aryl methyl sites for hydroxylation is 1. The molecule has 1 aliphatic heterocycles. The zero-order valence-corrected chi connectivity index (χ0v) is 10.2. The highest BCUT2D eigenvalue weighted by Crippen LogP contribution is 2.34. The minimum atomic E-state index is 0.720. The van der Waals surface area contributed by atoms with Gasteiger partial charge in [0.1, 0.15) is 0 Å².